The lowest BCUT2D eigenvalue weighted by molar-refractivity contribution is -0.134. The highest BCUT2D eigenvalue weighted by Gasteiger charge is 2.25. The van der Waals surface area contributed by atoms with E-state index in [2.05, 4.69) is 0 Å². The Labute approximate surface area is 133 Å². The average molecular weight is 348 g/mol. The van der Waals surface area contributed by atoms with Gasteiger partial charge in [-0.1, -0.05) is 0 Å². The number of likely N-dealkylation sites (tertiary alicyclic amines) is 1. The van der Waals surface area contributed by atoms with Gasteiger partial charge in [0.1, 0.15) is 5.75 Å². The van der Waals surface area contributed by atoms with Crippen LogP contribution < -0.4 is 9.88 Å². The molecule has 0 atom stereocenters. The topological polar surface area (TPSA) is 89.7 Å². The summed E-state index contributed by atoms with van der Waals surface area (Å²) in [4.78, 5) is 13.6. The molecule has 1 aliphatic heterocycles. The summed E-state index contributed by atoms with van der Waals surface area (Å²) in [6, 6.07) is 3.04. The van der Waals surface area contributed by atoms with E-state index in [1.54, 1.807) is 4.90 Å². The quantitative estimate of drug-likeness (QED) is 0.855. The number of piperidine rings is 1. The summed E-state index contributed by atoms with van der Waals surface area (Å²) in [5, 5.41) is 5.01. The van der Waals surface area contributed by atoms with Crippen LogP contribution in [0.15, 0.2) is 18.2 Å². The van der Waals surface area contributed by atoms with Gasteiger partial charge >= 0.3 is 0 Å². The number of carbonyl (C=O) groups excluding carboxylic acids is 1. The first-order chi connectivity index (χ1) is 10.7. The fraction of sp³-hybridized carbons (Fsp3) is 0.500. The third-order valence-corrected chi connectivity index (χ3v) is 4.62. The molecule has 0 aliphatic carbocycles. The Balaban J connectivity index is 1.80. The minimum Gasteiger partial charge on any atom is -0.484 e. The Hall–Kier alpha value is -1.74. The van der Waals surface area contributed by atoms with Gasteiger partial charge in [-0.05, 0) is 30.9 Å². The largest absolute Gasteiger partial charge is 0.484 e. The number of nitrogens with two attached hydrogens (primary N) is 1. The zero-order valence-corrected chi connectivity index (χ0v) is 13.2. The van der Waals surface area contributed by atoms with Crippen LogP contribution in [-0.4, -0.2) is 44.7 Å². The first-order valence-corrected chi connectivity index (χ1v) is 8.82. The SMILES string of the molecule is NS(=O)(=O)CC1CCN(C(=O)COc2ccc(F)c(F)c2)CC1. The molecule has 1 amide bonds. The highest BCUT2D eigenvalue weighted by molar-refractivity contribution is 7.89. The first-order valence-electron chi connectivity index (χ1n) is 7.10. The minimum atomic E-state index is -3.51. The Morgan fingerprint density at radius 2 is 1.91 bits per heavy atom. The summed E-state index contributed by atoms with van der Waals surface area (Å²) in [6.45, 7) is 0.547. The number of hydrogen-bond donors (Lipinski definition) is 1. The van der Waals surface area contributed by atoms with Gasteiger partial charge in [-0.2, -0.15) is 0 Å². The zero-order valence-electron chi connectivity index (χ0n) is 12.4. The fourth-order valence-electron chi connectivity index (χ4n) is 2.48. The highest BCUT2D eigenvalue weighted by atomic mass is 32.2. The van der Waals surface area contributed by atoms with Crippen molar-refractivity contribution < 1.29 is 26.7 Å². The van der Waals surface area contributed by atoms with Gasteiger partial charge in [-0.3, -0.25) is 4.79 Å². The Kier molecular flexibility index (Phi) is 5.53. The summed E-state index contributed by atoms with van der Waals surface area (Å²) in [5.41, 5.74) is 0. The van der Waals surface area contributed by atoms with E-state index in [4.69, 9.17) is 9.88 Å². The van der Waals surface area contributed by atoms with Crippen molar-refractivity contribution in [2.24, 2.45) is 11.1 Å². The van der Waals surface area contributed by atoms with Crippen LogP contribution in [0.3, 0.4) is 0 Å². The van der Waals surface area contributed by atoms with Crippen molar-refractivity contribution in [2.45, 2.75) is 12.8 Å². The number of nitrogens with zero attached hydrogens (tertiary/aromatic N) is 1. The van der Waals surface area contributed by atoms with E-state index < -0.39 is 21.7 Å². The molecule has 23 heavy (non-hydrogen) atoms. The van der Waals surface area contributed by atoms with Gasteiger partial charge in [-0.15, -0.1) is 0 Å². The monoisotopic (exact) mass is 348 g/mol. The van der Waals surface area contributed by atoms with E-state index in [9.17, 15) is 22.0 Å². The number of ether oxygens (including phenoxy) is 1. The molecule has 1 aliphatic rings. The van der Waals surface area contributed by atoms with Crippen LogP contribution in [0, 0.1) is 17.6 Å². The van der Waals surface area contributed by atoms with E-state index in [0.29, 0.717) is 25.9 Å². The molecule has 0 unspecified atom stereocenters. The van der Waals surface area contributed by atoms with Gasteiger partial charge in [0.15, 0.2) is 18.2 Å². The third-order valence-electron chi connectivity index (χ3n) is 3.69. The van der Waals surface area contributed by atoms with Crippen molar-refractivity contribution in [1.29, 1.82) is 0 Å². The van der Waals surface area contributed by atoms with E-state index in [0.717, 1.165) is 12.1 Å². The van der Waals surface area contributed by atoms with Crippen molar-refractivity contribution >= 4 is 15.9 Å². The Bertz CT molecular complexity index is 673. The number of carbonyl (C=O) groups is 1. The molecular formula is C14H18F2N2O4S. The molecular weight excluding hydrogens is 330 g/mol. The molecule has 0 saturated carbocycles. The van der Waals surface area contributed by atoms with Gasteiger partial charge in [0.25, 0.3) is 5.91 Å². The van der Waals surface area contributed by atoms with Crippen LogP contribution in [0.2, 0.25) is 0 Å². The van der Waals surface area contributed by atoms with Gasteiger partial charge in [0, 0.05) is 19.2 Å². The molecule has 1 fully saturated rings. The number of amides is 1. The summed E-state index contributed by atoms with van der Waals surface area (Å²) in [5.74, 6) is -2.38. The van der Waals surface area contributed by atoms with Gasteiger partial charge in [0.05, 0.1) is 5.75 Å². The molecule has 6 nitrogen and oxygen atoms in total. The number of benzene rings is 1. The number of primary sulfonamides is 1. The van der Waals surface area contributed by atoms with Gasteiger partial charge in [0.2, 0.25) is 10.0 Å². The molecule has 0 spiro atoms. The van der Waals surface area contributed by atoms with E-state index in [1.807, 2.05) is 0 Å². The molecule has 2 rings (SSSR count). The molecule has 128 valence electrons. The molecule has 1 aromatic rings. The van der Waals surface area contributed by atoms with Gasteiger partial charge < -0.3 is 9.64 Å². The normalized spacial score (nSPS) is 16.4. The molecule has 0 aromatic heterocycles. The lowest BCUT2D eigenvalue weighted by atomic mass is 9.99. The van der Waals surface area contributed by atoms with Crippen molar-refractivity contribution in [1.82, 2.24) is 4.90 Å². The van der Waals surface area contributed by atoms with E-state index in [-0.39, 0.29) is 29.9 Å². The Morgan fingerprint density at radius 3 is 2.48 bits per heavy atom. The van der Waals surface area contributed by atoms with Crippen LogP contribution in [0.5, 0.6) is 5.75 Å². The van der Waals surface area contributed by atoms with Crippen LogP contribution >= 0.6 is 0 Å². The molecule has 0 radical (unpaired) electrons. The van der Waals surface area contributed by atoms with Crippen molar-refractivity contribution in [3.63, 3.8) is 0 Å². The van der Waals surface area contributed by atoms with Crippen molar-refractivity contribution in [2.75, 3.05) is 25.4 Å². The molecule has 1 saturated heterocycles. The smallest absolute Gasteiger partial charge is 0.260 e. The maximum Gasteiger partial charge on any atom is 0.260 e. The summed E-state index contributed by atoms with van der Waals surface area (Å²) in [6.07, 6.45) is 1.10. The van der Waals surface area contributed by atoms with Crippen LogP contribution in [0.1, 0.15) is 12.8 Å². The lowest BCUT2D eigenvalue weighted by Crippen LogP contribution is -2.42. The minimum absolute atomic E-state index is 0.0545. The summed E-state index contributed by atoms with van der Waals surface area (Å²) >= 11 is 0. The second kappa shape index (κ2) is 7.22. The average Bonchev–Trinajstić information content (AvgIpc) is 2.47. The molecule has 2 N–H and O–H groups in total. The maximum absolute atomic E-state index is 13.0. The number of sulfonamides is 1. The predicted octanol–water partition coefficient (Wildman–Crippen LogP) is 0.871. The van der Waals surface area contributed by atoms with Crippen LogP contribution in [0.4, 0.5) is 8.78 Å². The Morgan fingerprint density at radius 1 is 1.26 bits per heavy atom. The number of halogens is 2. The molecule has 0 bridgehead atoms. The van der Waals surface area contributed by atoms with Crippen molar-refractivity contribution in [3.8, 4) is 5.75 Å². The van der Waals surface area contributed by atoms with Gasteiger partial charge in [-0.25, -0.2) is 22.3 Å². The van der Waals surface area contributed by atoms with Crippen LogP contribution in [-0.2, 0) is 14.8 Å². The maximum atomic E-state index is 13.0. The second-order valence-electron chi connectivity index (χ2n) is 5.52. The highest BCUT2D eigenvalue weighted by Crippen LogP contribution is 2.19. The number of hydrogen-bond acceptors (Lipinski definition) is 4. The number of rotatable bonds is 5. The van der Waals surface area contributed by atoms with Crippen molar-refractivity contribution in [3.05, 3.63) is 29.8 Å². The lowest BCUT2D eigenvalue weighted by Gasteiger charge is -2.31. The standard InChI is InChI=1S/C14H18F2N2O4S/c15-12-2-1-11(7-13(12)16)22-8-14(19)18-5-3-10(4-6-18)9-23(17,20)21/h1-2,7,10H,3-6,8-9H2,(H2,17,20,21). The van der Waals surface area contributed by atoms with E-state index in [1.165, 1.54) is 6.07 Å². The summed E-state index contributed by atoms with van der Waals surface area (Å²) < 4.78 is 53.1. The zero-order chi connectivity index (χ0) is 17.0. The fourth-order valence-corrected chi connectivity index (χ4v) is 3.47. The third kappa shape index (κ3) is 5.43. The van der Waals surface area contributed by atoms with E-state index >= 15 is 0 Å². The molecule has 9 heteroatoms. The molecule has 1 heterocycles. The van der Waals surface area contributed by atoms with Crippen LogP contribution in [0.25, 0.3) is 0 Å². The predicted molar refractivity (Wildman–Crippen MR) is 79.1 cm³/mol. The first kappa shape index (κ1) is 17.6. The molecule has 1 aromatic carbocycles. The summed E-state index contributed by atoms with van der Waals surface area (Å²) in [7, 11) is -3.51. The second-order valence-corrected chi connectivity index (χ2v) is 7.18.